The van der Waals surface area contributed by atoms with Gasteiger partial charge in [-0.05, 0) is 44.6 Å². The van der Waals surface area contributed by atoms with Crippen molar-refractivity contribution >= 4 is 15.9 Å². The molecule has 0 bridgehead atoms. The van der Waals surface area contributed by atoms with Crippen LogP contribution in [0.25, 0.3) is 0 Å². The van der Waals surface area contributed by atoms with Crippen LogP contribution in [-0.4, -0.2) is 29.4 Å². The lowest BCUT2D eigenvalue weighted by atomic mass is 9.81. The molecule has 1 unspecified atom stereocenters. The minimum Gasteiger partial charge on any atom is -0.300 e. The molecule has 0 spiro atoms. The molecule has 0 saturated heterocycles. The van der Waals surface area contributed by atoms with Crippen LogP contribution in [0, 0.1) is 5.41 Å². The lowest BCUT2D eigenvalue weighted by Crippen LogP contribution is -2.43. The highest BCUT2D eigenvalue weighted by Crippen LogP contribution is 2.38. The molecule has 1 saturated carbocycles. The minimum absolute atomic E-state index is 0.549. The molecular weight excluding hydrogens is 298 g/mol. The Morgan fingerprint density at radius 3 is 2.21 bits per heavy atom. The van der Waals surface area contributed by atoms with E-state index in [1.807, 2.05) is 0 Å². The third kappa shape index (κ3) is 5.75. The van der Waals surface area contributed by atoms with E-state index in [9.17, 15) is 0 Å². The van der Waals surface area contributed by atoms with Crippen molar-refractivity contribution in [2.45, 2.75) is 84.6 Å². The van der Waals surface area contributed by atoms with Crippen LogP contribution in [0.1, 0.15) is 78.6 Å². The molecule has 114 valence electrons. The highest BCUT2D eigenvalue weighted by atomic mass is 79.9. The van der Waals surface area contributed by atoms with E-state index in [1.165, 1.54) is 76.2 Å². The topological polar surface area (TPSA) is 3.24 Å². The Bertz CT molecular complexity index is 221. The van der Waals surface area contributed by atoms with Crippen LogP contribution >= 0.6 is 15.9 Å². The Hall–Kier alpha value is 0.440. The molecule has 0 aromatic rings. The van der Waals surface area contributed by atoms with Crippen LogP contribution in [0.15, 0.2) is 0 Å². The molecule has 1 aliphatic rings. The van der Waals surface area contributed by atoms with Gasteiger partial charge in [0.1, 0.15) is 0 Å². The summed E-state index contributed by atoms with van der Waals surface area (Å²) in [7, 11) is 0. The van der Waals surface area contributed by atoms with E-state index in [0.29, 0.717) is 5.41 Å². The van der Waals surface area contributed by atoms with E-state index in [0.717, 1.165) is 6.04 Å². The van der Waals surface area contributed by atoms with Crippen molar-refractivity contribution in [1.82, 2.24) is 4.90 Å². The van der Waals surface area contributed by atoms with Crippen LogP contribution in [-0.2, 0) is 0 Å². The molecule has 1 rings (SSSR count). The van der Waals surface area contributed by atoms with Crippen molar-refractivity contribution in [2.75, 3.05) is 18.4 Å². The molecule has 0 heterocycles. The third-order valence-electron chi connectivity index (χ3n) is 5.00. The maximum atomic E-state index is 3.84. The van der Waals surface area contributed by atoms with Gasteiger partial charge in [0.2, 0.25) is 0 Å². The van der Waals surface area contributed by atoms with Gasteiger partial charge in [-0.15, -0.1) is 0 Å². The van der Waals surface area contributed by atoms with E-state index < -0.39 is 0 Å². The lowest BCUT2D eigenvalue weighted by molar-refractivity contribution is 0.113. The molecule has 1 atom stereocenters. The number of alkyl halides is 1. The van der Waals surface area contributed by atoms with Gasteiger partial charge in [-0.25, -0.2) is 0 Å². The molecule has 0 N–H and O–H groups in total. The fourth-order valence-electron chi connectivity index (χ4n) is 3.32. The first kappa shape index (κ1) is 17.5. The summed E-state index contributed by atoms with van der Waals surface area (Å²) in [4.78, 5) is 2.77. The Kier molecular flexibility index (Phi) is 8.64. The van der Waals surface area contributed by atoms with Gasteiger partial charge >= 0.3 is 0 Å². The van der Waals surface area contributed by atoms with Crippen molar-refractivity contribution in [3.05, 3.63) is 0 Å². The Morgan fingerprint density at radius 2 is 1.74 bits per heavy atom. The smallest absolute Gasteiger partial charge is 0.0100 e. The summed E-state index contributed by atoms with van der Waals surface area (Å²) in [6.45, 7) is 9.65. The first-order valence-corrected chi connectivity index (χ1v) is 9.59. The first-order valence-electron chi connectivity index (χ1n) is 8.47. The van der Waals surface area contributed by atoms with Crippen molar-refractivity contribution in [3.63, 3.8) is 0 Å². The average molecular weight is 332 g/mol. The average Bonchev–Trinajstić information content (AvgIpc) is 2.68. The Balaban J connectivity index is 2.66. The second-order valence-corrected chi connectivity index (χ2v) is 7.19. The monoisotopic (exact) mass is 331 g/mol. The normalized spacial score (nSPS) is 21.3. The zero-order valence-electron chi connectivity index (χ0n) is 13.4. The van der Waals surface area contributed by atoms with Crippen molar-refractivity contribution < 1.29 is 0 Å². The molecule has 0 aliphatic heterocycles. The summed E-state index contributed by atoms with van der Waals surface area (Å²) in [5.74, 6) is 0. The summed E-state index contributed by atoms with van der Waals surface area (Å²) in [6, 6.07) is 0.741. The summed E-state index contributed by atoms with van der Waals surface area (Å²) >= 11 is 3.84. The number of unbranched alkanes of at least 4 members (excludes halogenated alkanes) is 1. The van der Waals surface area contributed by atoms with Gasteiger partial charge in [-0.2, -0.15) is 0 Å². The second-order valence-electron chi connectivity index (χ2n) is 6.63. The maximum absolute atomic E-state index is 3.84. The van der Waals surface area contributed by atoms with Gasteiger partial charge in [0.15, 0.2) is 0 Å². The number of rotatable bonds is 8. The quantitative estimate of drug-likeness (QED) is 0.412. The molecule has 1 aliphatic carbocycles. The standard InChI is InChI=1S/C17H34BrN/c1-4-6-13-19(16(3)5-2)15-17(14-18)11-9-7-8-10-12-17/h16H,4-15H2,1-3H3. The van der Waals surface area contributed by atoms with Gasteiger partial charge in [-0.3, -0.25) is 0 Å². The van der Waals surface area contributed by atoms with Gasteiger partial charge in [0, 0.05) is 17.9 Å². The predicted molar refractivity (Wildman–Crippen MR) is 90.2 cm³/mol. The van der Waals surface area contributed by atoms with Crippen LogP contribution in [0.5, 0.6) is 0 Å². The second kappa shape index (κ2) is 9.39. The van der Waals surface area contributed by atoms with Crippen molar-refractivity contribution in [1.29, 1.82) is 0 Å². The van der Waals surface area contributed by atoms with E-state index in [1.54, 1.807) is 0 Å². The number of halogens is 1. The fourth-order valence-corrected chi connectivity index (χ4v) is 4.06. The highest BCUT2D eigenvalue weighted by molar-refractivity contribution is 9.09. The number of hydrogen-bond acceptors (Lipinski definition) is 1. The summed E-state index contributed by atoms with van der Waals surface area (Å²) in [5.41, 5.74) is 0.549. The Morgan fingerprint density at radius 1 is 1.11 bits per heavy atom. The molecule has 0 radical (unpaired) electrons. The molecule has 0 amide bonds. The highest BCUT2D eigenvalue weighted by Gasteiger charge is 2.32. The molecule has 0 aromatic carbocycles. The molecule has 2 heteroatoms. The van der Waals surface area contributed by atoms with E-state index in [4.69, 9.17) is 0 Å². The molecular formula is C17H34BrN. The van der Waals surface area contributed by atoms with E-state index in [2.05, 4.69) is 41.6 Å². The van der Waals surface area contributed by atoms with Gasteiger partial charge in [-0.1, -0.05) is 61.9 Å². The summed E-state index contributed by atoms with van der Waals surface area (Å²) < 4.78 is 0. The van der Waals surface area contributed by atoms with E-state index >= 15 is 0 Å². The molecule has 1 fully saturated rings. The van der Waals surface area contributed by atoms with Crippen LogP contribution in [0.2, 0.25) is 0 Å². The molecule has 1 nitrogen and oxygen atoms in total. The van der Waals surface area contributed by atoms with Gasteiger partial charge in [0.05, 0.1) is 0 Å². The first-order chi connectivity index (χ1) is 9.17. The number of hydrogen-bond donors (Lipinski definition) is 0. The lowest BCUT2D eigenvalue weighted by Gasteiger charge is -2.39. The maximum Gasteiger partial charge on any atom is 0.0100 e. The minimum atomic E-state index is 0.549. The van der Waals surface area contributed by atoms with Gasteiger partial charge < -0.3 is 4.90 Å². The van der Waals surface area contributed by atoms with Crippen LogP contribution < -0.4 is 0 Å². The molecule has 0 aromatic heterocycles. The Labute approximate surface area is 129 Å². The zero-order chi connectivity index (χ0) is 14.1. The van der Waals surface area contributed by atoms with Crippen molar-refractivity contribution in [3.8, 4) is 0 Å². The summed E-state index contributed by atoms with van der Waals surface area (Å²) in [5, 5.41) is 1.19. The van der Waals surface area contributed by atoms with Crippen LogP contribution in [0.4, 0.5) is 0 Å². The number of nitrogens with zero attached hydrogens (tertiary/aromatic N) is 1. The predicted octanol–water partition coefficient (Wildman–Crippen LogP) is 5.62. The van der Waals surface area contributed by atoms with Crippen molar-refractivity contribution in [2.24, 2.45) is 5.41 Å². The molecule has 19 heavy (non-hydrogen) atoms. The SMILES string of the molecule is CCCCN(CC1(CBr)CCCCCC1)C(C)CC. The van der Waals surface area contributed by atoms with Gasteiger partial charge in [0.25, 0.3) is 0 Å². The fraction of sp³-hybridized carbons (Fsp3) is 1.00. The zero-order valence-corrected chi connectivity index (χ0v) is 15.0. The largest absolute Gasteiger partial charge is 0.300 e. The summed E-state index contributed by atoms with van der Waals surface area (Å²) in [6.07, 6.45) is 12.6. The third-order valence-corrected chi connectivity index (χ3v) is 6.19. The van der Waals surface area contributed by atoms with E-state index in [-0.39, 0.29) is 0 Å². The van der Waals surface area contributed by atoms with Crippen LogP contribution in [0.3, 0.4) is 0 Å².